The van der Waals surface area contributed by atoms with Gasteiger partial charge in [0.05, 0.1) is 13.7 Å². The zero-order chi connectivity index (χ0) is 15.2. The Labute approximate surface area is 123 Å². The molecule has 0 radical (unpaired) electrons. The van der Waals surface area contributed by atoms with Gasteiger partial charge in [-0.05, 0) is 6.92 Å². The number of piperazine rings is 1. The average molecular weight is 296 g/mol. The van der Waals surface area contributed by atoms with E-state index in [9.17, 15) is 4.79 Å². The molecule has 1 aliphatic rings. The molecule has 0 saturated carbocycles. The second-order valence-electron chi connectivity index (χ2n) is 4.37. The highest BCUT2D eigenvalue weighted by molar-refractivity contribution is 5.68. The van der Waals surface area contributed by atoms with Gasteiger partial charge < -0.3 is 24.6 Å². The highest BCUT2D eigenvalue weighted by Gasteiger charge is 2.24. The Kier molecular flexibility index (Phi) is 4.96. The highest BCUT2D eigenvalue weighted by Crippen LogP contribution is 2.16. The number of amides is 1. The van der Waals surface area contributed by atoms with Crippen molar-refractivity contribution in [3.63, 3.8) is 0 Å². The van der Waals surface area contributed by atoms with E-state index in [4.69, 9.17) is 9.47 Å². The molecule has 1 aromatic heterocycles. The zero-order valence-electron chi connectivity index (χ0n) is 12.5. The number of rotatable bonds is 4. The van der Waals surface area contributed by atoms with Gasteiger partial charge in [-0.15, -0.1) is 0 Å². The molecule has 1 amide bonds. The van der Waals surface area contributed by atoms with Crippen molar-refractivity contribution in [2.45, 2.75) is 6.92 Å². The Hall–Kier alpha value is -2.32. The van der Waals surface area contributed by atoms with Crippen LogP contribution in [0.3, 0.4) is 0 Å². The first-order valence-corrected chi connectivity index (χ1v) is 6.82. The number of hydrogen-bond donors (Lipinski definition) is 1. The summed E-state index contributed by atoms with van der Waals surface area (Å²) in [5.74, 6) is 0.986. The smallest absolute Gasteiger partial charge is 0.409 e. The largest absolute Gasteiger partial charge is 0.467 e. The molecular formula is C12H20N6O3. The van der Waals surface area contributed by atoms with E-state index in [2.05, 4.69) is 20.3 Å². The molecule has 116 valence electrons. The van der Waals surface area contributed by atoms with Crippen LogP contribution in [-0.4, -0.2) is 72.9 Å². The highest BCUT2D eigenvalue weighted by atomic mass is 16.6. The summed E-state index contributed by atoms with van der Waals surface area (Å²) in [5, 5.41) is 2.87. The molecule has 1 saturated heterocycles. The van der Waals surface area contributed by atoms with E-state index in [1.165, 1.54) is 7.11 Å². The lowest BCUT2D eigenvalue weighted by Gasteiger charge is -2.34. The lowest BCUT2D eigenvalue weighted by molar-refractivity contribution is 0.105. The van der Waals surface area contributed by atoms with E-state index in [1.807, 2.05) is 4.90 Å². The molecule has 0 unspecified atom stereocenters. The van der Waals surface area contributed by atoms with Gasteiger partial charge >= 0.3 is 12.1 Å². The molecule has 1 aromatic rings. The van der Waals surface area contributed by atoms with Crippen LogP contribution in [0.4, 0.5) is 16.7 Å². The fraction of sp³-hybridized carbons (Fsp3) is 0.667. The molecule has 1 N–H and O–H groups in total. The van der Waals surface area contributed by atoms with Crippen LogP contribution < -0.4 is 15.0 Å². The minimum absolute atomic E-state index is 0.261. The van der Waals surface area contributed by atoms with Gasteiger partial charge in [-0.2, -0.15) is 15.0 Å². The first-order chi connectivity index (χ1) is 10.2. The molecule has 0 bridgehead atoms. The van der Waals surface area contributed by atoms with E-state index in [0.717, 1.165) is 0 Å². The Morgan fingerprint density at radius 2 is 1.95 bits per heavy atom. The molecule has 0 atom stereocenters. The number of anilines is 2. The van der Waals surface area contributed by atoms with Crippen molar-refractivity contribution < 1.29 is 14.3 Å². The normalized spacial score (nSPS) is 14.8. The molecule has 0 aromatic carbocycles. The first-order valence-electron chi connectivity index (χ1n) is 6.82. The molecule has 0 aliphatic carbocycles. The van der Waals surface area contributed by atoms with Crippen LogP contribution in [-0.2, 0) is 4.74 Å². The third-order valence-corrected chi connectivity index (χ3v) is 3.10. The summed E-state index contributed by atoms with van der Waals surface area (Å²) in [7, 11) is 3.24. The third kappa shape index (κ3) is 3.61. The van der Waals surface area contributed by atoms with Crippen molar-refractivity contribution in [2.75, 3.05) is 57.2 Å². The second-order valence-corrected chi connectivity index (χ2v) is 4.37. The molecule has 9 nitrogen and oxygen atoms in total. The summed E-state index contributed by atoms with van der Waals surface area (Å²) < 4.78 is 10.1. The van der Waals surface area contributed by atoms with Gasteiger partial charge in [0, 0.05) is 33.2 Å². The maximum Gasteiger partial charge on any atom is 0.409 e. The van der Waals surface area contributed by atoms with Crippen LogP contribution in [0.2, 0.25) is 0 Å². The summed E-state index contributed by atoms with van der Waals surface area (Å²) in [6.07, 6.45) is -0.277. The predicted molar refractivity (Wildman–Crippen MR) is 76.7 cm³/mol. The van der Waals surface area contributed by atoms with Crippen molar-refractivity contribution in [1.82, 2.24) is 19.9 Å². The molecule has 2 rings (SSSR count). The predicted octanol–water partition coefficient (Wildman–Crippen LogP) is 0.200. The maximum absolute atomic E-state index is 11.7. The van der Waals surface area contributed by atoms with Gasteiger partial charge in [-0.25, -0.2) is 4.79 Å². The number of nitrogens with one attached hydrogen (secondary N) is 1. The lowest BCUT2D eigenvalue weighted by Crippen LogP contribution is -2.49. The Bertz CT molecular complexity index is 468. The Morgan fingerprint density at radius 1 is 1.24 bits per heavy atom. The van der Waals surface area contributed by atoms with Crippen molar-refractivity contribution in [3.8, 4) is 6.01 Å². The van der Waals surface area contributed by atoms with Crippen LogP contribution in [0, 0.1) is 0 Å². The summed E-state index contributed by atoms with van der Waals surface area (Å²) in [5.41, 5.74) is 0. The van der Waals surface area contributed by atoms with E-state index >= 15 is 0 Å². The van der Waals surface area contributed by atoms with Crippen LogP contribution in [0.25, 0.3) is 0 Å². The molecule has 9 heteroatoms. The maximum atomic E-state index is 11.7. The van der Waals surface area contributed by atoms with Crippen molar-refractivity contribution in [2.24, 2.45) is 0 Å². The van der Waals surface area contributed by atoms with Crippen LogP contribution in [0.5, 0.6) is 6.01 Å². The SMILES string of the molecule is CCOC(=O)N1CCN(c2nc(NC)nc(OC)n2)CC1. The Morgan fingerprint density at radius 3 is 2.52 bits per heavy atom. The van der Waals surface area contributed by atoms with Gasteiger partial charge in [0.15, 0.2) is 0 Å². The summed E-state index contributed by atoms with van der Waals surface area (Å²) in [6, 6.07) is 0.261. The van der Waals surface area contributed by atoms with E-state index in [0.29, 0.717) is 44.7 Å². The van der Waals surface area contributed by atoms with Crippen molar-refractivity contribution in [3.05, 3.63) is 0 Å². The lowest BCUT2D eigenvalue weighted by atomic mass is 10.3. The van der Waals surface area contributed by atoms with Gasteiger partial charge in [0.1, 0.15) is 0 Å². The monoisotopic (exact) mass is 296 g/mol. The number of nitrogens with zero attached hydrogens (tertiary/aromatic N) is 5. The molecule has 0 spiro atoms. The fourth-order valence-electron chi connectivity index (χ4n) is 1.99. The standard InChI is InChI=1S/C12H20N6O3/c1-4-21-12(19)18-7-5-17(6-8-18)10-14-9(13-2)15-11(16-10)20-3/h4-8H2,1-3H3,(H,13,14,15,16). The number of ether oxygens (including phenoxy) is 2. The number of aromatic nitrogens is 3. The summed E-state index contributed by atoms with van der Waals surface area (Å²) >= 11 is 0. The fourth-order valence-corrected chi connectivity index (χ4v) is 1.99. The minimum Gasteiger partial charge on any atom is -0.467 e. The molecule has 2 heterocycles. The van der Waals surface area contributed by atoms with Crippen LogP contribution in [0.1, 0.15) is 6.92 Å². The van der Waals surface area contributed by atoms with E-state index in [-0.39, 0.29) is 12.1 Å². The van der Waals surface area contributed by atoms with Gasteiger partial charge in [-0.3, -0.25) is 0 Å². The first kappa shape index (κ1) is 15.1. The zero-order valence-corrected chi connectivity index (χ0v) is 12.5. The second kappa shape index (κ2) is 6.91. The Balaban J connectivity index is 2.03. The van der Waals surface area contributed by atoms with Crippen molar-refractivity contribution in [1.29, 1.82) is 0 Å². The average Bonchev–Trinajstić information content (AvgIpc) is 2.54. The molecule has 1 fully saturated rings. The number of methoxy groups -OCH3 is 1. The number of carbonyl (C=O) groups excluding carboxylic acids is 1. The quantitative estimate of drug-likeness (QED) is 0.842. The molecule has 21 heavy (non-hydrogen) atoms. The molecular weight excluding hydrogens is 276 g/mol. The number of carbonyl (C=O) groups is 1. The topological polar surface area (TPSA) is 92.7 Å². The third-order valence-electron chi connectivity index (χ3n) is 3.10. The van der Waals surface area contributed by atoms with Crippen LogP contribution >= 0.6 is 0 Å². The van der Waals surface area contributed by atoms with E-state index < -0.39 is 0 Å². The summed E-state index contributed by atoms with van der Waals surface area (Å²) in [4.78, 5) is 27.9. The van der Waals surface area contributed by atoms with Gasteiger partial charge in [0.25, 0.3) is 0 Å². The molecule has 1 aliphatic heterocycles. The van der Waals surface area contributed by atoms with Gasteiger partial charge in [0.2, 0.25) is 11.9 Å². The van der Waals surface area contributed by atoms with Crippen LogP contribution in [0.15, 0.2) is 0 Å². The van der Waals surface area contributed by atoms with Crippen molar-refractivity contribution >= 4 is 18.0 Å². The minimum atomic E-state index is -0.277. The van der Waals surface area contributed by atoms with Gasteiger partial charge in [-0.1, -0.05) is 0 Å². The number of hydrogen-bond acceptors (Lipinski definition) is 8. The van der Waals surface area contributed by atoms with E-state index in [1.54, 1.807) is 18.9 Å². The summed E-state index contributed by atoms with van der Waals surface area (Å²) in [6.45, 7) is 4.59.